The van der Waals surface area contributed by atoms with E-state index in [9.17, 15) is 9.59 Å². The topological polar surface area (TPSA) is 58.2 Å². The molecule has 0 bridgehead atoms. The van der Waals surface area contributed by atoms with Crippen LogP contribution in [0.25, 0.3) is 0 Å². The second-order valence-electron chi connectivity index (χ2n) is 5.03. The molecule has 0 aromatic heterocycles. The van der Waals surface area contributed by atoms with Crippen LogP contribution in [0.5, 0.6) is 0 Å². The maximum absolute atomic E-state index is 11.9. The zero-order valence-corrected chi connectivity index (χ0v) is 14.0. The van der Waals surface area contributed by atoms with Crippen molar-refractivity contribution in [1.29, 1.82) is 0 Å². The number of anilines is 1. The van der Waals surface area contributed by atoms with Gasteiger partial charge in [0.1, 0.15) is 0 Å². The van der Waals surface area contributed by atoms with E-state index in [0.717, 1.165) is 11.1 Å². The van der Waals surface area contributed by atoms with Crippen LogP contribution in [0.3, 0.4) is 0 Å². The zero-order chi connectivity index (χ0) is 16.8. The summed E-state index contributed by atoms with van der Waals surface area (Å²) in [7, 11) is 0. The Hall–Kier alpha value is -2.04. The van der Waals surface area contributed by atoms with Gasteiger partial charge in [0.2, 0.25) is 11.8 Å². The van der Waals surface area contributed by atoms with Crippen LogP contribution in [0.1, 0.15) is 11.1 Å². The fraction of sp³-hybridized carbons (Fsp3) is 0.176. The highest BCUT2D eigenvalue weighted by Crippen LogP contribution is 2.29. The highest BCUT2D eigenvalue weighted by molar-refractivity contribution is 6.44. The molecule has 0 heterocycles. The van der Waals surface area contributed by atoms with E-state index in [1.54, 1.807) is 18.2 Å². The van der Waals surface area contributed by atoms with Crippen molar-refractivity contribution in [2.75, 3.05) is 11.9 Å². The first-order chi connectivity index (χ1) is 11.0. The SMILES string of the molecule is Cc1ccccc1CC(=O)NCC(=O)Nc1cccc(Cl)c1Cl. The molecule has 120 valence electrons. The average Bonchev–Trinajstić information content (AvgIpc) is 2.52. The first kappa shape index (κ1) is 17.3. The Bertz CT molecular complexity index is 732. The standard InChI is InChI=1S/C17H16Cl2N2O2/c1-11-5-2-3-6-12(11)9-15(22)20-10-16(23)21-14-8-4-7-13(18)17(14)19/h2-8H,9-10H2,1H3,(H,20,22)(H,21,23). The van der Waals surface area contributed by atoms with E-state index in [-0.39, 0.29) is 29.8 Å². The van der Waals surface area contributed by atoms with Gasteiger partial charge in [-0.15, -0.1) is 0 Å². The Morgan fingerprint density at radius 3 is 2.48 bits per heavy atom. The van der Waals surface area contributed by atoms with Gasteiger partial charge in [-0.3, -0.25) is 9.59 Å². The third-order valence-corrected chi connectivity index (χ3v) is 4.10. The molecule has 2 aromatic rings. The number of aryl methyl sites for hydroxylation is 1. The molecule has 0 aliphatic rings. The minimum absolute atomic E-state index is 0.131. The van der Waals surface area contributed by atoms with Gasteiger partial charge in [0, 0.05) is 0 Å². The molecule has 0 atom stereocenters. The molecular formula is C17H16Cl2N2O2. The maximum atomic E-state index is 11.9. The van der Waals surface area contributed by atoms with Crippen LogP contribution in [0.2, 0.25) is 10.0 Å². The molecule has 0 fully saturated rings. The molecule has 2 rings (SSSR count). The first-order valence-electron chi connectivity index (χ1n) is 7.02. The average molecular weight is 351 g/mol. The van der Waals surface area contributed by atoms with Gasteiger partial charge in [-0.05, 0) is 30.2 Å². The van der Waals surface area contributed by atoms with Gasteiger partial charge in [0.25, 0.3) is 0 Å². The van der Waals surface area contributed by atoms with Crippen molar-refractivity contribution in [3.05, 3.63) is 63.6 Å². The second-order valence-corrected chi connectivity index (χ2v) is 5.81. The molecule has 23 heavy (non-hydrogen) atoms. The van der Waals surface area contributed by atoms with Gasteiger partial charge in [0.15, 0.2) is 0 Å². The Balaban J connectivity index is 1.86. The van der Waals surface area contributed by atoms with E-state index in [0.29, 0.717) is 10.7 Å². The number of halogens is 2. The van der Waals surface area contributed by atoms with Crippen LogP contribution in [-0.4, -0.2) is 18.4 Å². The fourth-order valence-corrected chi connectivity index (χ4v) is 2.37. The summed E-state index contributed by atoms with van der Waals surface area (Å²) in [4.78, 5) is 23.8. The Kier molecular flexibility index (Phi) is 6.02. The summed E-state index contributed by atoms with van der Waals surface area (Å²) in [5.41, 5.74) is 2.39. The summed E-state index contributed by atoms with van der Waals surface area (Å²) in [6, 6.07) is 12.6. The van der Waals surface area contributed by atoms with Crippen LogP contribution in [0.4, 0.5) is 5.69 Å². The van der Waals surface area contributed by atoms with E-state index in [1.807, 2.05) is 31.2 Å². The lowest BCUT2D eigenvalue weighted by Crippen LogP contribution is -2.33. The number of rotatable bonds is 5. The summed E-state index contributed by atoms with van der Waals surface area (Å²) in [5, 5.41) is 5.82. The number of hydrogen-bond acceptors (Lipinski definition) is 2. The molecule has 0 saturated heterocycles. The van der Waals surface area contributed by atoms with E-state index in [2.05, 4.69) is 10.6 Å². The van der Waals surface area contributed by atoms with Gasteiger partial charge >= 0.3 is 0 Å². The van der Waals surface area contributed by atoms with E-state index < -0.39 is 0 Å². The highest BCUT2D eigenvalue weighted by atomic mass is 35.5. The predicted octanol–water partition coefficient (Wildman–Crippen LogP) is 3.60. The van der Waals surface area contributed by atoms with Gasteiger partial charge in [-0.1, -0.05) is 53.5 Å². The Morgan fingerprint density at radius 2 is 1.74 bits per heavy atom. The maximum Gasteiger partial charge on any atom is 0.243 e. The van der Waals surface area contributed by atoms with Gasteiger partial charge in [-0.25, -0.2) is 0 Å². The summed E-state index contributed by atoms with van der Waals surface area (Å²) in [6.07, 6.45) is 0.234. The third-order valence-electron chi connectivity index (χ3n) is 3.28. The molecule has 0 radical (unpaired) electrons. The first-order valence-corrected chi connectivity index (χ1v) is 7.78. The number of carbonyl (C=O) groups is 2. The van der Waals surface area contributed by atoms with Crippen molar-refractivity contribution in [2.24, 2.45) is 0 Å². The second kappa shape index (κ2) is 7.99. The quantitative estimate of drug-likeness (QED) is 0.865. The normalized spacial score (nSPS) is 10.2. The van der Waals surface area contributed by atoms with E-state index >= 15 is 0 Å². The number of hydrogen-bond donors (Lipinski definition) is 2. The molecule has 0 saturated carbocycles. The van der Waals surface area contributed by atoms with Crippen molar-refractivity contribution >= 4 is 40.7 Å². The summed E-state index contributed by atoms with van der Waals surface area (Å²) >= 11 is 11.9. The van der Waals surface area contributed by atoms with Crippen molar-refractivity contribution in [3.63, 3.8) is 0 Å². The number of nitrogens with one attached hydrogen (secondary N) is 2. The summed E-state index contributed by atoms with van der Waals surface area (Å²) < 4.78 is 0. The van der Waals surface area contributed by atoms with Crippen LogP contribution in [0, 0.1) is 6.92 Å². The molecule has 0 spiro atoms. The fourth-order valence-electron chi connectivity index (χ4n) is 2.02. The third kappa shape index (κ3) is 4.98. The summed E-state index contributed by atoms with van der Waals surface area (Å²) in [6.45, 7) is 1.81. The van der Waals surface area contributed by atoms with Crippen LogP contribution in [0.15, 0.2) is 42.5 Å². The van der Waals surface area contributed by atoms with Crippen molar-refractivity contribution in [3.8, 4) is 0 Å². The number of benzene rings is 2. The Labute approximate surface area is 144 Å². The zero-order valence-electron chi connectivity index (χ0n) is 12.5. The number of amides is 2. The molecule has 4 nitrogen and oxygen atoms in total. The molecule has 2 aromatic carbocycles. The molecule has 0 aliphatic carbocycles. The van der Waals surface area contributed by atoms with E-state index in [4.69, 9.17) is 23.2 Å². The van der Waals surface area contributed by atoms with E-state index in [1.165, 1.54) is 0 Å². The Morgan fingerprint density at radius 1 is 1.00 bits per heavy atom. The van der Waals surface area contributed by atoms with Gasteiger partial charge in [0.05, 0.1) is 28.7 Å². The van der Waals surface area contributed by atoms with Crippen molar-refractivity contribution in [1.82, 2.24) is 5.32 Å². The lowest BCUT2D eigenvalue weighted by molar-refractivity contribution is -0.123. The lowest BCUT2D eigenvalue weighted by atomic mass is 10.1. The van der Waals surface area contributed by atoms with Crippen molar-refractivity contribution < 1.29 is 9.59 Å². The van der Waals surface area contributed by atoms with Crippen molar-refractivity contribution in [2.45, 2.75) is 13.3 Å². The van der Waals surface area contributed by atoms with Crippen LogP contribution >= 0.6 is 23.2 Å². The van der Waals surface area contributed by atoms with Gasteiger partial charge < -0.3 is 10.6 Å². The van der Waals surface area contributed by atoms with Crippen LogP contribution < -0.4 is 10.6 Å². The smallest absolute Gasteiger partial charge is 0.243 e. The molecule has 2 N–H and O–H groups in total. The van der Waals surface area contributed by atoms with Crippen LogP contribution in [-0.2, 0) is 16.0 Å². The molecule has 6 heteroatoms. The largest absolute Gasteiger partial charge is 0.347 e. The molecule has 0 unspecified atom stereocenters. The minimum Gasteiger partial charge on any atom is -0.347 e. The predicted molar refractivity (Wildman–Crippen MR) is 93.0 cm³/mol. The van der Waals surface area contributed by atoms with Gasteiger partial charge in [-0.2, -0.15) is 0 Å². The highest BCUT2D eigenvalue weighted by Gasteiger charge is 2.10. The number of carbonyl (C=O) groups excluding carboxylic acids is 2. The molecular weight excluding hydrogens is 335 g/mol. The minimum atomic E-state index is -0.368. The monoisotopic (exact) mass is 350 g/mol. The summed E-state index contributed by atoms with van der Waals surface area (Å²) in [5.74, 6) is -0.584. The lowest BCUT2D eigenvalue weighted by Gasteiger charge is -2.10. The molecule has 2 amide bonds. The molecule has 0 aliphatic heterocycles.